The second-order valence-electron chi connectivity index (χ2n) is 4.86. The number of halogens is 1. The number of methoxy groups -OCH3 is 1. The van der Waals surface area contributed by atoms with Gasteiger partial charge >= 0.3 is 0 Å². The van der Waals surface area contributed by atoms with Crippen molar-refractivity contribution in [2.75, 3.05) is 33.7 Å². The van der Waals surface area contributed by atoms with Gasteiger partial charge in [0.05, 0.1) is 24.7 Å². The molecule has 2 atom stereocenters. The third kappa shape index (κ3) is 2.83. The van der Waals surface area contributed by atoms with Crippen LogP contribution in [0.2, 0.25) is 0 Å². The summed E-state index contributed by atoms with van der Waals surface area (Å²) >= 11 is 0. The Labute approximate surface area is 118 Å². The molecule has 0 spiro atoms. The highest BCUT2D eigenvalue weighted by atomic mass is 19.1. The molecule has 0 aromatic heterocycles. The molecule has 1 heterocycles. The fraction of sp³-hybridized carbons (Fsp3) is 0.533. The van der Waals surface area contributed by atoms with Crippen LogP contribution in [0, 0.1) is 23.1 Å². The van der Waals surface area contributed by atoms with Gasteiger partial charge in [-0.3, -0.25) is 0 Å². The van der Waals surface area contributed by atoms with Crippen LogP contribution in [-0.4, -0.2) is 33.7 Å². The second-order valence-corrected chi connectivity index (χ2v) is 4.86. The summed E-state index contributed by atoms with van der Waals surface area (Å²) in [6.45, 7) is 1.28. The van der Waals surface area contributed by atoms with Gasteiger partial charge in [-0.2, -0.15) is 5.26 Å². The third-order valence-electron chi connectivity index (χ3n) is 3.73. The molecule has 0 bridgehead atoms. The maximum absolute atomic E-state index is 14.1. The third-order valence-corrected chi connectivity index (χ3v) is 3.73. The van der Waals surface area contributed by atoms with Gasteiger partial charge in [0.25, 0.3) is 0 Å². The number of nitrogens with zero attached hydrogens (tertiary/aromatic N) is 1. The maximum atomic E-state index is 14.1. The molecule has 0 radical (unpaired) electrons. The summed E-state index contributed by atoms with van der Waals surface area (Å²) < 4.78 is 29.8. The lowest BCUT2D eigenvalue weighted by atomic mass is 9.68. The Morgan fingerprint density at radius 3 is 3.00 bits per heavy atom. The largest absolute Gasteiger partial charge is 0.381 e. The minimum atomic E-state index is -0.905. The summed E-state index contributed by atoms with van der Waals surface area (Å²) in [7, 11) is 1.53. The Balaban J connectivity index is 2.30. The smallest absolute Gasteiger partial charge is 0.146 e. The lowest BCUT2D eigenvalue weighted by Crippen LogP contribution is -2.45. The van der Waals surface area contributed by atoms with E-state index >= 15 is 0 Å². The number of benzene rings is 1. The molecule has 1 aliphatic heterocycles. The van der Waals surface area contributed by atoms with Crippen molar-refractivity contribution in [2.45, 2.75) is 11.8 Å². The van der Waals surface area contributed by atoms with Crippen LogP contribution in [0.4, 0.5) is 4.39 Å². The molecule has 1 aliphatic rings. The number of ether oxygens (including phenoxy) is 3. The zero-order valence-electron chi connectivity index (χ0n) is 11.5. The molecule has 20 heavy (non-hydrogen) atoms. The summed E-state index contributed by atoms with van der Waals surface area (Å²) in [5.41, 5.74) is -0.478. The Morgan fingerprint density at radius 2 is 2.30 bits per heavy atom. The van der Waals surface area contributed by atoms with E-state index in [1.807, 2.05) is 0 Å². The number of nitriles is 1. The van der Waals surface area contributed by atoms with Crippen LogP contribution < -0.4 is 0 Å². The molecule has 5 heteroatoms. The molecular formula is C15H18FNO3. The molecule has 0 saturated carbocycles. The van der Waals surface area contributed by atoms with Crippen molar-refractivity contribution in [3.63, 3.8) is 0 Å². The van der Waals surface area contributed by atoms with Crippen LogP contribution in [0.25, 0.3) is 0 Å². The SMILES string of the molecule is COCOCC1COCCC1(C#N)c1ccccc1F. The first kappa shape index (κ1) is 14.9. The van der Waals surface area contributed by atoms with Crippen LogP contribution in [0.15, 0.2) is 24.3 Å². The summed E-state index contributed by atoms with van der Waals surface area (Å²) in [5.74, 6) is -0.569. The molecule has 1 aromatic rings. The van der Waals surface area contributed by atoms with Crippen molar-refractivity contribution >= 4 is 0 Å². The van der Waals surface area contributed by atoms with E-state index in [4.69, 9.17) is 14.2 Å². The predicted molar refractivity (Wildman–Crippen MR) is 70.4 cm³/mol. The van der Waals surface area contributed by atoms with Crippen LogP contribution in [0.5, 0.6) is 0 Å². The van der Waals surface area contributed by atoms with Gasteiger partial charge in [-0.15, -0.1) is 0 Å². The standard InChI is InChI=1S/C15H18FNO3/c1-18-11-20-9-12-8-19-7-6-15(12,10-17)13-4-2-3-5-14(13)16/h2-5,12H,6-9,11H2,1H3. The van der Waals surface area contributed by atoms with Gasteiger partial charge in [-0.1, -0.05) is 18.2 Å². The topological polar surface area (TPSA) is 51.5 Å². The molecule has 4 nitrogen and oxygen atoms in total. The average Bonchev–Trinajstić information content (AvgIpc) is 2.49. The lowest BCUT2D eigenvalue weighted by Gasteiger charge is -2.39. The van der Waals surface area contributed by atoms with E-state index in [-0.39, 0.29) is 18.5 Å². The molecule has 1 saturated heterocycles. The highest BCUT2D eigenvalue weighted by molar-refractivity contribution is 5.35. The van der Waals surface area contributed by atoms with E-state index in [0.717, 1.165) is 0 Å². The van der Waals surface area contributed by atoms with E-state index in [1.165, 1.54) is 13.2 Å². The second kappa shape index (κ2) is 6.80. The van der Waals surface area contributed by atoms with Crippen molar-refractivity contribution < 1.29 is 18.6 Å². The summed E-state index contributed by atoms with van der Waals surface area (Å²) in [6, 6.07) is 8.75. The first-order valence-corrected chi connectivity index (χ1v) is 6.55. The van der Waals surface area contributed by atoms with Crippen molar-refractivity contribution in [1.29, 1.82) is 5.26 Å². The van der Waals surface area contributed by atoms with E-state index in [2.05, 4.69) is 6.07 Å². The zero-order chi connectivity index (χ0) is 14.4. The lowest BCUT2D eigenvalue weighted by molar-refractivity contribution is -0.0788. The van der Waals surface area contributed by atoms with E-state index in [1.54, 1.807) is 18.2 Å². The Morgan fingerprint density at radius 1 is 1.50 bits per heavy atom. The van der Waals surface area contributed by atoms with E-state index in [9.17, 15) is 9.65 Å². The number of hydrogen-bond donors (Lipinski definition) is 0. The maximum Gasteiger partial charge on any atom is 0.146 e. The molecule has 2 rings (SSSR count). The fourth-order valence-electron chi connectivity index (χ4n) is 2.65. The molecule has 1 aromatic carbocycles. The first-order valence-electron chi connectivity index (χ1n) is 6.55. The summed E-state index contributed by atoms with van der Waals surface area (Å²) in [5, 5.41) is 9.69. The van der Waals surface area contributed by atoms with E-state index < -0.39 is 5.41 Å². The summed E-state index contributed by atoms with van der Waals surface area (Å²) in [4.78, 5) is 0. The minimum Gasteiger partial charge on any atom is -0.381 e. The molecule has 2 unspecified atom stereocenters. The Bertz CT molecular complexity index is 488. The highest BCUT2D eigenvalue weighted by Crippen LogP contribution is 2.40. The summed E-state index contributed by atoms with van der Waals surface area (Å²) in [6.07, 6.45) is 0.464. The predicted octanol–water partition coefficient (Wildman–Crippen LogP) is 2.24. The van der Waals surface area contributed by atoms with Gasteiger partial charge in [0.15, 0.2) is 0 Å². The molecule has 0 amide bonds. The van der Waals surface area contributed by atoms with Gasteiger partial charge in [0.2, 0.25) is 0 Å². The van der Waals surface area contributed by atoms with Crippen molar-refractivity contribution in [3.8, 4) is 6.07 Å². The molecule has 108 valence electrons. The minimum absolute atomic E-state index is 0.148. The van der Waals surface area contributed by atoms with Crippen molar-refractivity contribution in [1.82, 2.24) is 0 Å². The Hall–Kier alpha value is -1.48. The molecule has 0 aliphatic carbocycles. The monoisotopic (exact) mass is 279 g/mol. The normalized spacial score (nSPS) is 26.1. The zero-order valence-corrected chi connectivity index (χ0v) is 11.5. The quantitative estimate of drug-likeness (QED) is 0.612. The molecule has 0 N–H and O–H groups in total. The molecular weight excluding hydrogens is 261 g/mol. The van der Waals surface area contributed by atoms with Crippen LogP contribution in [0.1, 0.15) is 12.0 Å². The van der Waals surface area contributed by atoms with Gasteiger partial charge in [-0.05, 0) is 12.5 Å². The van der Waals surface area contributed by atoms with Crippen LogP contribution >= 0.6 is 0 Å². The average molecular weight is 279 g/mol. The van der Waals surface area contributed by atoms with Crippen molar-refractivity contribution in [2.24, 2.45) is 5.92 Å². The van der Waals surface area contributed by atoms with Crippen molar-refractivity contribution in [3.05, 3.63) is 35.6 Å². The van der Waals surface area contributed by atoms with Gasteiger partial charge in [-0.25, -0.2) is 4.39 Å². The number of hydrogen-bond acceptors (Lipinski definition) is 4. The first-order chi connectivity index (χ1) is 9.74. The Kier molecular flexibility index (Phi) is 5.07. The van der Waals surface area contributed by atoms with Gasteiger partial charge < -0.3 is 14.2 Å². The van der Waals surface area contributed by atoms with E-state index in [0.29, 0.717) is 31.8 Å². The van der Waals surface area contributed by atoms with Crippen LogP contribution in [0.3, 0.4) is 0 Å². The number of rotatable bonds is 5. The highest BCUT2D eigenvalue weighted by Gasteiger charge is 2.45. The molecule has 1 fully saturated rings. The van der Waals surface area contributed by atoms with Crippen LogP contribution in [-0.2, 0) is 19.6 Å². The van der Waals surface area contributed by atoms with Gasteiger partial charge in [0, 0.05) is 25.2 Å². The fourth-order valence-corrected chi connectivity index (χ4v) is 2.65. The van der Waals surface area contributed by atoms with Gasteiger partial charge in [0.1, 0.15) is 12.6 Å².